The summed E-state index contributed by atoms with van der Waals surface area (Å²) in [6.45, 7) is 0.208. The van der Waals surface area contributed by atoms with Crippen molar-refractivity contribution in [2.24, 2.45) is 0 Å². The van der Waals surface area contributed by atoms with Crippen molar-refractivity contribution in [2.45, 2.75) is 25.5 Å². The molecule has 1 aliphatic carbocycles. The van der Waals surface area contributed by atoms with Gasteiger partial charge in [-0.3, -0.25) is 14.5 Å². The molecule has 26 heavy (non-hydrogen) atoms. The van der Waals surface area contributed by atoms with Crippen molar-refractivity contribution in [2.75, 3.05) is 0 Å². The summed E-state index contributed by atoms with van der Waals surface area (Å²) in [6.07, 6.45) is 3.84. The van der Waals surface area contributed by atoms with Gasteiger partial charge in [-0.2, -0.15) is 0 Å². The Hall–Kier alpha value is -3.21. The molecule has 1 atom stereocenters. The minimum atomic E-state index is -0.386. The first-order valence-electron chi connectivity index (χ1n) is 8.53. The van der Waals surface area contributed by atoms with Crippen molar-refractivity contribution in [1.82, 2.24) is 4.90 Å². The van der Waals surface area contributed by atoms with Gasteiger partial charge < -0.3 is 4.74 Å². The number of hydrogen-bond acceptors (Lipinski definition) is 4. The molecule has 130 valence electrons. The van der Waals surface area contributed by atoms with Crippen LogP contribution in [0, 0.1) is 0 Å². The molecule has 2 amide bonds. The molecule has 5 heteroatoms. The molecule has 2 aromatic carbocycles. The molecule has 0 aromatic heterocycles. The molecule has 1 aliphatic heterocycles. The zero-order valence-electron chi connectivity index (χ0n) is 14.1. The predicted octanol–water partition coefficient (Wildman–Crippen LogP) is 2.96. The Morgan fingerprint density at radius 2 is 1.73 bits per heavy atom. The third kappa shape index (κ3) is 2.81. The second-order valence-electron chi connectivity index (χ2n) is 6.37. The van der Waals surface area contributed by atoms with Gasteiger partial charge in [-0.05, 0) is 35.6 Å². The Labute approximate surface area is 150 Å². The highest BCUT2D eigenvalue weighted by Gasteiger charge is 2.37. The molecule has 0 saturated carbocycles. The number of rotatable bonds is 4. The smallest absolute Gasteiger partial charge is 0.338 e. The molecule has 0 fully saturated rings. The van der Waals surface area contributed by atoms with E-state index in [9.17, 15) is 14.4 Å². The largest absolute Gasteiger partial charge is 0.457 e. The van der Waals surface area contributed by atoms with Crippen LogP contribution in [0.1, 0.15) is 39.5 Å². The standard InChI is InChI=1S/C21H17NO4/c23-19-11-12-20(24)22(19)18-10-9-15-16(18)7-4-8-17(15)21(25)26-13-14-5-2-1-3-6-14/h1-8,11-12,18H,9-10,13H2/t18-/m0/s1. The Bertz CT molecular complexity index is 899. The third-order valence-electron chi connectivity index (χ3n) is 4.83. The first-order valence-corrected chi connectivity index (χ1v) is 8.53. The van der Waals surface area contributed by atoms with Gasteiger partial charge in [0.2, 0.25) is 0 Å². The monoisotopic (exact) mass is 347 g/mol. The van der Waals surface area contributed by atoms with Gasteiger partial charge in [0.25, 0.3) is 11.8 Å². The van der Waals surface area contributed by atoms with Crippen LogP contribution in [-0.4, -0.2) is 22.7 Å². The number of carbonyl (C=O) groups is 3. The summed E-state index contributed by atoms with van der Waals surface area (Å²) in [5.41, 5.74) is 3.14. The van der Waals surface area contributed by atoms with E-state index in [0.717, 1.165) is 16.7 Å². The van der Waals surface area contributed by atoms with E-state index < -0.39 is 0 Å². The van der Waals surface area contributed by atoms with Crippen LogP contribution in [0.5, 0.6) is 0 Å². The van der Waals surface area contributed by atoms with Crippen LogP contribution < -0.4 is 0 Å². The summed E-state index contributed by atoms with van der Waals surface area (Å²) in [6, 6.07) is 14.6. The molecule has 0 radical (unpaired) electrons. The van der Waals surface area contributed by atoms with Gasteiger partial charge >= 0.3 is 5.97 Å². The average molecular weight is 347 g/mol. The molecule has 0 N–H and O–H groups in total. The quantitative estimate of drug-likeness (QED) is 0.630. The lowest BCUT2D eigenvalue weighted by Crippen LogP contribution is -2.33. The minimum absolute atomic E-state index is 0.208. The van der Waals surface area contributed by atoms with E-state index in [0.29, 0.717) is 18.4 Å². The molecule has 2 aromatic rings. The summed E-state index contributed by atoms with van der Waals surface area (Å²) in [4.78, 5) is 37.8. The summed E-state index contributed by atoms with van der Waals surface area (Å²) in [5.74, 6) is -0.988. The van der Waals surface area contributed by atoms with Crippen molar-refractivity contribution < 1.29 is 19.1 Å². The first-order chi connectivity index (χ1) is 12.6. The number of carbonyl (C=O) groups excluding carboxylic acids is 3. The van der Waals surface area contributed by atoms with Gasteiger partial charge in [0.15, 0.2) is 0 Å². The average Bonchev–Trinajstić information content (AvgIpc) is 3.23. The van der Waals surface area contributed by atoms with Gasteiger partial charge in [0.05, 0.1) is 11.6 Å². The summed E-state index contributed by atoms with van der Waals surface area (Å²) in [5, 5.41) is 0. The lowest BCUT2D eigenvalue weighted by molar-refractivity contribution is -0.139. The number of esters is 1. The topological polar surface area (TPSA) is 63.7 Å². The molecule has 4 rings (SSSR count). The first kappa shape index (κ1) is 16.3. The molecule has 5 nitrogen and oxygen atoms in total. The summed E-state index contributed by atoms with van der Waals surface area (Å²) in [7, 11) is 0. The Kier molecular flexibility index (Phi) is 4.13. The minimum Gasteiger partial charge on any atom is -0.457 e. The van der Waals surface area contributed by atoms with Crippen LogP contribution in [0.2, 0.25) is 0 Å². The number of benzene rings is 2. The fourth-order valence-corrected chi connectivity index (χ4v) is 3.61. The SMILES string of the molecule is O=C(OCc1ccccc1)c1cccc2c1CC[C@@H]2N1C(=O)C=CC1=O. The second-order valence-corrected chi connectivity index (χ2v) is 6.37. The van der Waals surface area contributed by atoms with Crippen LogP contribution in [0.15, 0.2) is 60.7 Å². The fraction of sp³-hybridized carbons (Fsp3) is 0.190. The maximum atomic E-state index is 12.6. The normalized spacial score (nSPS) is 18.3. The molecule has 0 bridgehead atoms. The van der Waals surface area contributed by atoms with Gasteiger partial charge in [0, 0.05) is 12.2 Å². The van der Waals surface area contributed by atoms with Crippen molar-refractivity contribution in [3.8, 4) is 0 Å². The Morgan fingerprint density at radius 3 is 2.46 bits per heavy atom. The van der Waals surface area contributed by atoms with E-state index in [1.807, 2.05) is 36.4 Å². The lowest BCUT2D eigenvalue weighted by atomic mass is 10.0. The molecule has 1 heterocycles. The van der Waals surface area contributed by atoms with E-state index in [1.54, 1.807) is 12.1 Å². The van der Waals surface area contributed by atoms with Gasteiger partial charge in [-0.15, -0.1) is 0 Å². The van der Waals surface area contributed by atoms with Crippen molar-refractivity contribution in [3.05, 3.63) is 82.9 Å². The van der Waals surface area contributed by atoms with Gasteiger partial charge in [0.1, 0.15) is 6.61 Å². The highest BCUT2D eigenvalue weighted by Crippen LogP contribution is 2.39. The van der Waals surface area contributed by atoms with E-state index in [-0.39, 0.29) is 30.4 Å². The van der Waals surface area contributed by atoms with Crippen LogP contribution in [0.4, 0.5) is 0 Å². The number of imide groups is 1. The Balaban J connectivity index is 1.55. The maximum absolute atomic E-state index is 12.6. The van der Waals surface area contributed by atoms with Gasteiger partial charge in [-0.25, -0.2) is 4.79 Å². The molecule has 0 saturated heterocycles. The van der Waals surface area contributed by atoms with Crippen molar-refractivity contribution in [1.29, 1.82) is 0 Å². The number of hydrogen-bond donors (Lipinski definition) is 0. The summed E-state index contributed by atoms with van der Waals surface area (Å²) >= 11 is 0. The zero-order chi connectivity index (χ0) is 18.1. The van der Waals surface area contributed by atoms with Crippen LogP contribution >= 0.6 is 0 Å². The second kappa shape index (κ2) is 6.59. The van der Waals surface area contributed by atoms with Crippen LogP contribution in [-0.2, 0) is 27.4 Å². The molecular weight excluding hydrogens is 330 g/mol. The van der Waals surface area contributed by atoms with E-state index >= 15 is 0 Å². The Morgan fingerprint density at radius 1 is 1.00 bits per heavy atom. The molecule has 0 spiro atoms. The van der Waals surface area contributed by atoms with Crippen molar-refractivity contribution >= 4 is 17.8 Å². The van der Waals surface area contributed by atoms with Crippen molar-refractivity contribution in [3.63, 3.8) is 0 Å². The number of amides is 2. The van der Waals surface area contributed by atoms with E-state index in [4.69, 9.17) is 4.74 Å². The third-order valence-corrected chi connectivity index (χ3v) is 4.83. The number of nitrogens with zero attached hydrogens (tertiary/aromatic N) is 1. The van der Waals surface area contributed by atoms with Crippen LogP contribution in [0.25, 0.3) is 0 Å². The van der Waals surface area contributed by atoms with Crippen LogP contribution in [0.3, 0.4) is 0 Å². The van der Waals surface area contributed by atoms with E-state index in [1.165, 1.54) is 17.1 Å². The number of ether oxygens (including phenoxy) is 1. The molecule has 2 aliphatic rings. The van der Waals surface area contributed by atoms with Gasteiger partial charge in [-0.1, -0.05) is 42.5 Å². The predicted molar refractivity (Wildman–Crippen MR) is 94.1 cm³/mol. The lowest BCUT2D eigenvalue weighted by Gasteiger charge is -2.23. The fourth-order valence-electron chi connectivity index (χ4n) is 3.61. The van der Waals surface area contributed by atoms with E-state index in [2.05, 4.69) is 0 Å². The maximum Gasteiger partial charge on any atom is 0.338 e. The molecule has 0 unspecified atom stereocenters. The highest BCUT2D eigenvalue weighted by molar-refractivity contribution is 6.13. The summed E-state index contributed by atoms with van der Waals surface area (Å²) < 4.78 is 5.44. The number of fused-ring (bicyclic) bond motifs is 1. The zero-order valence-corrected chi connectivity index (χ0v) is 14.1. The molecular formula is C21H17NO4. The highest BCUT2D eigenvalue weighted by atomic mass is 16.5.